The van der Waals surface area contributed by atoms with Crippen LogP contribution in [0.5, 0.6) is 0 Å². The predicted molar refractivity (Wildman–Crippen MR) is 148 cm³/mol. The smallest absolute Gasteiger partial charge is 0.382 e. The molecule has 4 aromatic rings. The second-order valence-electron chi connectivity index (χ2n) is 10.4. The quantitative estimate of drug-likeness (QED) is 0.118. The summed E-state index contributed by atoms with van der Waals surface area (Å²) in [6, 6.07) is 0. The predicted octanol–water partition coefficient (Wildman–Crippen LogP) is -0.157. The first-order chi connectivity index (χ1) is 21.6. The van der Waals surface area contributed by atoms with Gasteiger partial charge in [-0.05, 0) is 0 Å². The minimum absolute atomic E-state index is 0.0104. The molecule has 6 heterocycles. The summed E-state index contributed by atoms with van der Waals surface area (Å²) in [7, 11) is -10.4. The first-order valence-corrected chi connectivity index (χ1v) is 16.3. The number of hydrogen-bond donors (Lipinski definition) is 6. The fourth-order valence-corrected chi connectivity index (χ4v) is 6.51. The minimum Gasteiger partial charge on any atom is -0.382 e. The molecule has 0 saturated carbocycles. The van der Waals surface area contributed by atoms with E-state index in [-0.39, 0.29) is 34.1 Å². The molecule has 46 heavy (non-hydrogen) atoms. The lowest BCUT2D eigenvalue weighted by Crippen LogP contribution is -2.34. The van der Waals surface area contributed by atoms with E-state index >= 15 is 8.78 Å². The van der Waals surface area contributed by atoms with Crippen LogP contribution in [0.15, 0.2) is 23.8 Å². The third kappa shape index (κ3) is 6.13. The highest BCUT2D eigenvalue weighted by molar-refractivity contribution is 7.47. The van der Waals surface area contributed by atoms with Crippen LogP contribution in [-0.2, 0) is 32.2 Å². The molecule has 250 valence electrons. The number of H-pyrrole nitrogens is 1. The molecule has 0 aromatic carbocycles. The van der Waals surface area contributed by atoms with Gasteiger partial charge >= 0.3 is 15.6 Å². The molecule has 9 atom stereocenters. The van der Waals surface area contributed by atoms with Crippen molar-refractivity contribution in [3.8, 4) is 0 Å². The number of anilines is 2. The summed E-state index contributed by atoms with van der Waals surface area (Å²) >= 11 is 0. The van der Waals surface area contributed by atoms with Gasteiger partial charge in [-0.15, -0.1) is 0 Å². The van der Waals surface area contributed by atoms with Gasteiger partial charge in [0.15, 0.2) is 35.0 Å². The second-order valence-corrected chi connectivity index (χ2v) is 13.0. The largest absolute Gasteiger partial charge is 0.472 e. The van der Waals surface area contributed by atoms with Crippen molar-refractivity contribution in [2.75, 3.05) is 24.7 Å². The van der Waals surface area contributed by atoms with E-state index in [4.69, 9.17) is 39.8 Å². The van der Waals surface area contributed by atoms with Crippen molar-refractivity contribution in [2.24, 2.45) is 5.92 Å². The lowest BCUT2D eigenvalue weighted by molar-refractivity contribution is -0.0518. The highest BCUT2D eigenvalue weighted by Crippen LogP contribution is 2.51. The summed E-state index contributed by atoms with van der Waals surface area (Å²) in [5, 5.41) is 0. The number of fused-ring (bicyclic) bond motifs is 2. The molecule has 0 spiro atoms. The highest BCUT2D eigenvalue weighted by atomic mass is 31.2. The molecular formula is C21H26F2N10O11P2. The Morgan fingerprint density at radius 1 is 0.935 bits per heavy atom. The van der Waals surface area contributed by atoms with E-state index in [1.54, 1.807) is 0 Å². The van der Waals surface area contributed by atoms with Crippen LogP contribution in [0.3, 0.4) is 0 Å². The average Bonchev–Trinajstić information content (AvgIpc) is 3.73. The van der Waals surface area contributed by atoms with E-state index in [2.05, 4.69) is 34.4 Å². The number of ether oxygens (including phenoxy) is 2. The van der Waals surface area contributed by atoms with Gasteiger partial charge in [0.25, 0.3) is 5.56 Å². The van der Waals surface area contributed by atoms with E-state index in [9.17, 15) is 18.8 Å². The molecule has 0 amide bonds. The molecule has 0 aliphatic carbocycles. The van der Waals surface area contributed by atoms with Gasteiger partial charge in [0.05, 0.1) is 25.9 Å². The lowest BCUT2D eigenvalue weighted by atomic mass is 10.0. The molecule has 6 rings (SSSR count). The van der Waals surface area contributed by atoms with Crippen molar-refractivity contribution in [3.63, 3.8) is 0 Å². The summed E-state index contributed by atoms with van der Waals surface area (Å²) in [6.45, 7) is -0.369. The van der Waals surface area contributed by atoms with Crippen LogP contribution < -0.4 is 17.0 Å². The Hall–Kier alpha value is -3.50. The van der Waals surface area contributed by atoms with E-state index in [0.29, 0.717) is 0 Å². The fourth-order valence-electron chi connectivity index (χ4n) is 5.21. The van der Waals surface area contributed by atoms with Crippen LogP contribution in [0.25, 0.3) is 22.3 Å². The molecule has 4 aromatic heterocycles. The van der Waals surface area contributed by atoms with E-state index in [1.807, 2.05) is 0 Å². The lowest BCUT2D eigenvalue weighted by Gasteiger charge is -2.23. The third-order valence-electron chi connectivity index (χ3n) is 7.34. The number of imidazole rings is 2. The summed E-state index contributed by atoms with van der Waals surface area (Å²) in [5.74, 6) is -1.15. The first kappa shape index (κ1) is 32.4. The fraction of sp³-hybridized carbons (Fsp3) is 0.524. The molecular weight excluding hydrogens is 668 g/mol. The Balaban J connectivity index is 1.18. The molecule has 2 aliphatic heterocycles. The zero-order valence-corrected chi connectivity index (χ0v) is 25.1. The van der Waals surface area contributed by atoms with E-state index in [0.717, 1.165) is 17.2 Å². The number of halogens is 2. The number of nitrogens with one attached hydrogen (secondary N) is 1. The Kier molecular flexibility index (Phi) is 8.42. The van der Waals surface area contributed by atoms with Crippen molar-refractivity contribution in [2.45, 2.75) is 50.0 Å². The van der Waals surface area contributed by atoms with Gasteiger partial charge in [-0.3, -0.25) is 32.5 Å². The van der Waals surface area contributed by atoms with Crippen LogP contribution in [0.4, 0.5) is 20.5 Å². The molecule has 0 radical (unpaired) electrons. The Morgan fingerprint density at radius 2 is 1.59 bits per heavy atom. The SMILES string of the molecule is C[C@@H]1[C@H](F)C(COP(=O)(O)O[C@H]2[C@@H](F)[C@H](n3cnc4c(N)ncnc43)O[C@@H]2COP(=O)(O)O)O[C@H]1n1cnc2c(=O)[nH]c(N)nc21. The minimum atomic E-state index is -5.25. The zero-order valence-electron chi connectivity index (χ0n) is 23.3. The van der Waals surface area contributed by atoms with Gasteiger partial charge in [0.2, 0.25) is 5.95 Å². The van der Waals surface area contributed by atoms with Crippen LogP contribution in [0.2, 0.25) is 0 Å². The molecule has 2 fully saturated rings. The number of alkyl halides is 2. The zero-order chi connectivity index (χ0) is 33.1. The number of nitrogens with zero attached hydrogens (tertiary/aromatic N) is 7. The van der Waals surface area contributed by atoms with Gasteiger partial charge in [-0.25, -0.2) is 37.8 Å². The van der Waals surface area contributed by atoms with Gasteiger partial charge in [-0.1, -0.05) is 6.92 Å². The number of rotatable bonds is 10. The van der Waals surface area contributed by atoms with Gasteiger partial charge in [0.1, 0.15) is 42.6 Å². The number of aromatic amines is 1. The van der Waals surface area contributed by atoms with Crippen molar-refractivity contribution < 1.29 is 55.6 Å². The number of nitrogen functional groups attached to an aromatic ring is 2. The normalized spacial score (nSPS) is 30.0. The van der Waals surface area contributed by atoms with Crippen LogP contribution in [0, 0.1) is 5.92 Å². The third-order valence-corrected chi connectivity index (χ3v) is 8.81. The standard InChI is InChI=1S/C21H26F2N10O11P2/c1-7-10(22)8(42-19(7)33-6-29-13-17(33)30-21(25)31-18(13)34)2-41-46(38,39)44-14-9(3-40-45(35,36)37)43-20(11(14)23)32-5-28-12-15(24)26-4-27-16(12)32/h4-11,14,19-20H,2-3H2,1H3,(H,38,39)(H2,24,26,27)(H2,35,36,37)(H3,25,30,31,34)/t7-,8?,9-,10+,11-,14-,19-,20-/m1/s1. The second kappa shape index (κ2) is 11.9. The summed E-state index contributed by atoms with van der Waals surface area (Å²) in [5.41, 5.74) is 10.8. The number of phosphoric acid groups is 2. The van der Waals surface area contributed by atoms with Crippen LogP contribution >= 0.6 is 15.6 Å². The van der Waals surface area contributed by atoms with Gasteiger partial charge < -0.3 is 35.6 Å². The number of aromatic nitrogens is 8. The summed E-state index contributed by atoms with van der Waals surface area (Å²) in [6.07, 6.45) is -8.56. The molecule has 25 heteroatoms. The molecule has 21 nitrogen and oxygen atoms in total. The van der Waals surface area contributed by atoms with Crippen molar-refractivity contribution in [1.82, 2.24) is 39.0 Å². The number of nitrogens with two attached hydrogens (primary N) is 2. The molecule has 8 N–H and O–H groups in total. The van der Waals surface area contributed by atoms with Crippen molar-refractivity contribution >= 4 is 49.7 Å². The highest BCUT2D eigenvalue weighted by Gasteiger charge is 2.52. The van der Waals surface area contributed by atoms with Crippen molar-refractivity contribution in [3.05, 3.63) is 29.3 Å². The Labute approximate surface area is 254 Å². The maximum absolute atomic E-state index is 15.8. The number of phosphoric ester groups is 2. The maximum Gasteiger partial charge on any atom is 0.472 e. The van der Waals surface area contributed by atoms with Crippen LogP contribution in [-0.4, -0.2) is 97.6 Å². The molecule has 2 saturated heterocycles. The summed E-state index contributed by atoms with van der Waals surface area (Å²) < 4.78 is 83.6. The maximum atomic E-state index is 15.8. The first-order valence-electron chi connectivity index (χ1n) is 13.2. The summed E-state index contributed by atoms with van der Waals surface area (Å²) in [4.78, 5) is 63.0. The average molecular weight is 694 g/mol. The molecule has 0 bridgehead atoms. The van der Waals surface area contributed by atoms with Crippen molar-refractivity contribution in [1.29, 1.82) is 0 Å². The molecule has 2 aliphatic rings. The van der Waals surface area contributed by atoms with E-state index in [1.165, 1.54) is 17.8 Å². The van der Waals surface area contributed by atoms with Crippen LogP contribution in [0.1, 0.15) is 19.4 Å². The van der Waals surface area contributed by atoms with Gasteiger partial charge in [-0.2, -0.15) is 4.98 Å². The van der Waals surface area contributed by atoms with Gasteiger partial charge in [0, 0.05) is 5.92 Å². The Bertz CT molecular complexity index is 1920. The van der Waals surface area contributed by atoms with E-state index < -0.39 is 83.4 Å². The number of hydrogen-bond acceptors (Lipinski definition) is 15. The monoisotopic (exact) mass is 694 g/mol. The Morgan fingerprint density at radius 3 is 2.30 bits per heavy atom. The molecule has 2 unspecified atom stereocenters. The topological polar surface area (TPSA) is 300 Å².